The van der Waals surface area contributed by atoms with Crippen molar-refractivity contribution >= 4 is 23.6 Å². The van der Waals surface area contributed by atoms with E-state index in [-0.39, 0.29) is 24.0 Å². The largest absolute Gasteiger partial charge is 0.508 e. The van der Waals surface area contributed by atoms with E-state index >= 15 is 0 Å². The maximum atomic E-state index is 12.8. The summed E-state index contributed by atoms with van der Waals surface area (Å²) in [6.45, 7) is 6.57. The van der Waals surface area contributed by atoms with Gasteiger partial charge in [-0.05, 0) is 37.0 Å². The summed E-state index contributed by atoms with van der Waals surface area (Å²) < 4.78 is 0. The molecular formula is C20H30N4O5. The molecule has 0 aliphatic carbocycles. The summed E-state index contributed by atoms with van der Waals surface area (Å²) in [5.74, 6) is -1.95. The zero-order valence-electron chi connectivity index (χ0n) is 17.2. The van der Waals surface area contributed by atoms with Gasteiger partial charge in [-0.3, -0.25) is 19.2 Å². The van der Waals surface area contributed by atoms with Gasteiger partial charge in [-0.2, -0.15) is 0 Å². The average molecular weight is 406 g/mol. The molecule has 0 saturated carbocycles. The number of benzene rings is 1. The molecule has 160 valence electrons. The quantitative estimate of drug-likeness (QED) is 0.369. The predicted molar refractivity (Wildman–Crippen MR) is 108 cm³/mol. The fourth-order valence-corrected chi connectivity index (χ4v) is 2.73. The molecule has 1 aromatic rings. The number of phenols is 1. The number of carbonyl (C=O) groups is 4. The Morgan fingerprint density at radius 3 is 1.97 bits per heavy atom. The lowest BCUT2D eigenvalue weighted by molar-refractivity contribution is -0.133. The van der Waals surface area contributed by atoms with Crippen LogP contribution in [0.4, 0.5) is 0 Å². The Morgan fingerprint density at radius 1 is 0.931 bits per heavy atom. The Labute approximate surface area is 170 Å². The van der Waals surface area contributed by atoms with Gasteiger partial charge < -0.3 is 26.8 Å². The van der Waals surface area contributed by atoms with Crippen molar-refractivity contribution in [1.82, 2.24) is 16.0 Å². The number of amides is 4. The molecule has 6 N–H and O–H groups in total. The number of primary amides is 1. The molecular weight excluding hydrogens is 376 g/mol. The summed E-state index contributed by atoms with van der Waals surface area (Å²) in [6.07, 6.45) is 0.487. The van der Waals surface area contributed by atoms with Crippen molar-refractivity contribution in [3.8, 4) is 5.75 Å². The van der Waals surface area contributed by atoms with Crippen molar-refractivity contribution in [2.75, 3.05) is 0 Å². The first-order valence-corrected chi connectivity index (χ1v) is 9.44. The van der Waals surface area contributed by atoms with Crippen LogP contribution in [0.2, 0.25) is 0 Å². The lowest BCUT2D eigenvalue weighted by Crippen LogP contribution is -2.56. The molecule has 0 spiro atoms. The molecule has 0 fully saturated rings. The number of carbonyl (C=O) groups excluding carboxylic acids is 4. The minimum atomic E-state index is -1.00. The number of hydrogen-bond acceptors (Lipinski definition) is 5. The van der Waals surface area contributed by atoms with Crippen LogP contribution in [0.15, 0.2) is 24.3 Å². The summed E-state index contributed by atoms with van der Waals surface area (Å²) in [4.78, 5) is 48.1. The van der Waals surface area contributed by atoms with Crippen molar-refractivity contribution < 1.29 is 24.3 Å². The van der Waals surface area contributed by atoms with Crippen molar-refractivity contribution in [2.45, 2.75) is 58.7 Å². The molecule has 1 aromatic carbocycles. The topological polar surface area (TPSA) is 151 Å². The van der Waals surface area contributed by atoms with Crippen LogP contribution in [0.3, 0.4) is 0 Å². The second kappa shape index (κ2) is 11.0. The Hall–Kier alpha value is -3.10. The van der Waals surface area contributed by atoms with Crippen LogP contribution < -0.4 is 21.7 Å². The Bertz CT molecular complexity index is 733. The molecule has 3 atom stereocenters. The summed E-state index contributed by atoms with van der Waals surface area (Å²) in [7, 11) is 0. The van der Waals surface area contributed by atoms with Crippen LogP contribution in [0.1, 0.15) is 39.7 Å². The number of nitrogens with one attached hydrogen (secondary N) is 3. The normalized spacial score (nSPS) is 13.8. The summed E-state index contributed by atoms with van der Waals surface area (Å²) >= 11 is 0. The van der Waals surface area contributed by atoms with Gasteiger partial charge in [0.2, 0.25) is 23.6 Å². The van der Waals surface area contributed by atoms with Crippen LogP contribution in [-0.2, 0) is 25.6 Å². The third-order valence-corrected chi connectivity index (χ3v) is 4.19. The zero-order valence-corrected chi connectivity index (χ0v) is 17.2. The minimum absolute atomic E-state index is 0.0730. The lowest BCUT2D eigenvalue weighted by Gasteiger charge is -2.24. The summed E-state index contributed by atoms with van der Waals surface area (Å²) in [5, 5.41) is 17.1. The fraction of sp³-hybridized carbons (Fsp3) is 0.500. The van der Waals surface area contributed by atoms with Crippen LogP contribution in [-0.4, -0.2) is 46.9 Å². The van der Waals surface area contributed by atoms with Gasteiger partial charge in [0.15, 0.2) is 0 Å². The molecule has 0 saturated heterocycles. The highest BCUT2D eigenvalue weighted by Gasteiger charge is 2.28. The third-order valence-electron chi connectivity index (χ3n) is 4.19. The maximum absolute atomic E-state index is 12.8. The standard InChI is InChI=1S/C20H30N4O5/c1-11(2)9-16(18(21)27)23-20(29)17(10-14-5-7-15(26)8-6-14)24-19(28)12(3)22-13(4)25/h5-8,11-12,16-17,26H,9-10H2,1-4H3,(H2,21,27)(H,22,25)(H,23,29)(H,24,28)/t12-,16-,17-/m0/s1. The van der Waals surface area contributed by atoms with Gasteiger partial charge in [-0.25, -0.2) is 0 Å². The summed E-state index contributed by atoms with van der Waals surface area (Å²) in [5.41, 5.74) is 6.08. The molecule has 9 heteroatoms. The molecule has 0 aromatic heterocycles. The second-order valence-corrected chi connectivity index (χ2v) is 7.45. The molecule has 0 aliphatic rings. The van der Waals surface area contributed by atoms with Gasteiger partial charge >= 0.3 is 0 Å². The molecule has 29 heavy (non-hydrogen) atoms. The van der Waals surface area contributed by atoms with Crippen molar-refractivity contribution in [2.24, 2.45) is 11.7 Å². The average Bonchev–Trinajstić information content (AvgIpc) is 2.61. The Kier molecular flexibility index (Phi) is 9.11. The van der Waals surface area contributed by atoms with Gasteiger partial charge in [-0.15, -0.1) is 0 Å². The fourth-order valence-electron chi connectivity index (χ4n) is 2.73. The van der Waals surface area contributed by atoms with E-state index < -0.39 is 35.8 Å². The molecule has 1 rings (SSSR count). The number of hydrogen-bond donors (Lipinski definition) is 5. The number of aromatic hydroxyl groups is 1. The molecule has 4 amide bonds. The van der Waals surface area contributed by atoms with E-state index in [2.05, 4.69) is 16.0 Å². The van der Waals surface area contributed by atoms with Crippen LogP contribution >= 0.6 is 0 Å². The van der Waals surface area contributed by atoms with E-state index in [0.717, 1.165) is 0 Å². The van der Waals surface area contributed by atoms with Gasteiger partial charge in [0.25, 0.3) is 0 Å². The number of rotatable bonds is 10. The third kappa shape index (κ3) is 8.63. The molecule has 9 nitrogen and oxygen atoms in total. The van der Waals surface area contributed by atoms with E-state index in [4.69, 9.17) is 5.73 Å². The SMILES string of the molecule is CC(=O)N[C@@H](C)C(=O)N[C@@H](Cc1ccc(O)cc1)C(=O)N[C@@H](CC(C)C)C(N)=O. The zero-order chi connectivity index (χ0) is 22.1. The number of phenolic OH excluding ortho intramolecular Hbond substituents is 1. The first-order chi connectivity index (χ1) is 13.5. The van der Waals surface area contributed by atoms with Crippen LogP contribution in [0, 0.1) is 5.92 Å². The summed E-state index contributed by atoms with van der Waals surface area (Å²) in [6, 6.07) is 3.47. The van der Waals surface area contributed by atoms with Crippen molar-refractivity contribution in [3.05, 3.63) is 29.8 Å². The van der Waals surface area contributed by atoms with Crippen molar-refractivity contribution in [3.63, 3.8) is 0 Å². The van der Waals surface area contributed by atoms with E-state index in [0.29, 0.717) is 12.0 Å². The Balaban J connectivity index is 2.99. The van der Waals surface area contributed by atoms with E-state index in [1.165, 1.54) is 26.0 Å². The monoisotopic (exact) mass is 406 g/mol. The smallest absolute Gasteiger partial charge is 0.243 e. The first kappa shape index (κ1) is 23.9. The van der Waals surface area contributed by atoms with Crippen molar-refractivity contribution in [1.29, 1.82) is 0 Å². The number of nitrogens with two attached hydrogens (primary N) is 1. The first-order valence-electron chi connectivity index (χ1n) is 9.44. The van der Waals surface area contributed by atoms with Gasteiger partial charge in [-0.1, -0.05) is 26.0 Å². The minimum Gasteiger partial charge on any atom is -0.508 e. The van der Waals surface area contributed by atoms with Crippen LogP contribution in [0.5, 0.6) is 5.75 Å². The molecule has 0 unspecified atom stereocenters. The molecule has 0 bridgehead atoms. The second-order valence-electron chi connectivity index (χ2n) is 7.45. The van der Waals surface area contributed by atoms with E-state index in [9.17, 15) is 24.3 Å². The highest BCUT2D eigenvalue weighted by Crippen LogP contribution is 2.12. The lowest BCUT2D eigenvalue weighted by atomic mass is 10.0. The van der Waals surface area contributed by atoms with Gasteiger partial charge in [0, 0.05) is 13.3 Å². The molecule has 0 aliphatic heterocycles. The van der Waals surface area contributed by atoms with E-state index in [1.54, 1.807) is 12.1 Å². The predicted octanol–water partition coefficient (Wildman–Crippen LogP) is -0.0397. The van der Waals surface area contributed by atoms with E-state index in [1.807, 2.05) is 13.8 Å². The van der Waals surface area contributed by atoms with Gasteiger partial charge in [0.1, 0.15) is 23.9 Å². The maximum Gasteiger partial charge on any atom is 0.243 e. The van der Waals surface area contributed by atoms with Gasteiger partial charge in [0.05, 0.1) is 0 Å². The Morgan fingerprint density at radius 2 is 1.48 bits per heavy atom. The van der Waals surface area contributed by atoms with Crippen LogP contribution in [0.25, 0.3) is 0 Å². The molecule has 0 heterocycles. The molecule has 0 radical (unpaired) electrons. The highest BCUT2D eigenvalue weighted by molar-refractivity contribution is 5.93. The highest BCUT2D eigenvalue weighted by atomic mass is 16.3.